The van der Waals surface area contributed by atoms with E-state index in [0.717, 1.165) is 10.8 Å². The van der Waals surface area contributed by atoms with Crippen molar-refractivity contribution in [3.05, 3.63) is 59.4 Å². The van der Waals surface area contributed by atoms with Gasteiger partial charge in [0.2, 0.25) is 5.71 Å². The molecule has 0 aliphatic rings. The molecular weight excluding hydrogens is 402 g/mol. The van der Waals surface area contributed by atoms with Gasteiger partial charge in [-0.25, -0.2) is 14.8 Å². The van der Waals surface area contributed by atoms with Crippen LogP contribution in [0.25, 0.3) is 16.8 Å². The molecule has 0 unspecified atom stereocenters. The van der Waals surface area contributed by atoms with E-state index in [1.54, 1.807) is 20.0 Å². The molecule has 0 saturated carbocycles. The van der Waals surface area contributed by atoms with Gasteiger partial charge in [-0.05, 0) is 38.5 Å². The zero-order valence-electron chi connectivity index (χ0n) is 16.9. The molecule has 2 N–H and O–H groups in total. The van der Waals surface area contributed by atoms with Crippen molar-refractivity contribution >= 4 is 34.6 Å². The highest BCUT2D eigenvalue weighted by Crippen LogP contribution is 2.30. The lowest BCUT2D eigenvalue weighted by Gasteiger charge is -2.08. The van der Waals surface area contributed by atoms with Crippen LogP contribution in [0.1, 0.15) is 34.4 Å². The maximum Gasteiger partial charge on any atom is 0.342 e. The van der Waals surface area contributed by atoms with Crippen molar-refractivity contribution in [3.63, 3.8) is 0 Å². The number of anilines is 1. The second kappa shape index (κ2) is 8.19. The summed E-state index contributed by atoms with van der Waals surface area (Å²) in [6.45, 7) is 5.73. The normalized spacial score (nSPS) is 11.2. The molecule has 30 heavy (non-hydrogen) atoms. The summed E-state index contributed by atoms with van der Waals surface area (Å²) in [7, 11) is 0. The molecule has 1 aromatic carbocycles. The molecule has 3 heterocycles. The molecule has 0 aliphatic carbocycles. The number of imidazole rings is 1. The Balaban J connectivity index is 1.61. The molecule has 0 aliphatic heterocycles. The lowest BCUT2D eigenvalue weighted by atomic mass is 10.2. The van der Waals surface area contributed by atoms with Gasteiger partial charge in [0.25, 0.3) is 0 Å². The van der Waals surface area contributed by atoms with E-state index < -0.39 is 5.97 Å². The molecule has 8 nitrogen and oxygen atoms in total. The Kier molecular flexibility index (Phi) is 5.45. The van der Waals surface area contributed by atoms with Crippen LogP contribution in [0.2, 0.25) is 0 Å². The highest BCUT2D eigenvalue weighted by molar-refractivity contribution is 7.98. The third kappa shape index (κ3) is 3.76. The van der Waals surface area contributed by atoms with Crippen LogP contribution >= 0.6 is 11.8 Å². The molecule has 0 amide bonds. The molecule has 3 aromatic heterocycles. The molecule has 154 valence electrons. The van der Waals surface area contributed by atoms with E-state index in [1.165, 1.54) is 17.3 Å². The van der Waals surface area contributed by atoms with E-state index >= 15 is 0 Å². The first-order valence-corrected chi connectivity index (χ1v) is 10.4. The minimum atomic E-state index is -0.494. The summed E-state index contributed by atoms with van der Waals surface area (Å²) in [5.41, 5.74) is 8.90. The van der Waals surface area contributed by atoms with Crippen molar-refractivity contribution in [1.82, 2.24) is 19.5 Å². The molecule has 0 saturated heterocycles. The average molecular weight is 423 g/mol. The standard InChI is InChI=1S/C21H21N5O3S/c1-4-28-20(27)16-13(3)29-19-17(16)18(22)24-15(25-19)11-30-21-23-8-9-26(21)14-7-5-6-12(2)10-14/h5-10H,4,11H2,1-3H3,(H2,22,24,25). The minimum Gasteiger partial charge on any atom is -0.462 e. The van der Waals surface area contributed by atoms with Crippen molar-refractivity contribution in [2.45, 2.75) is 31.7 Å². The number of thioether (sulfide) groups is 1. The zero-order chi connectivity index (χ0) is 21.3. The largest absolute Gasteiger partial charge is 0.462 e. The highest BCUT2D eigenvalue weighted by atomic mass is 32.2. The number of rotatable bonds is 6. The van der Waals surface area contributed by atoms with Gasteiger partial charge in [0.15, 0.2) is 5.16 Å². The number of esters is 1. The highest BCUT2D eigenvalue weighted by Gasteiger charge is 2.24. The number of aromatic nitrogens is 4. The van der Waals surface area contributed by atoms with E-state index in [-0.39, 0.29) is 23.7 Å². The summed E-state index contributed by atoms with van der Waals surface area (Å²) >= 11 is 1.49. The van der Waals surface area contributed by atoms with Crippen LogP contribution in [0, 0.1) is 13.8 Å². The smallest absolute Gasteiger partial charge is 0.342 e. The number of aryl methyl sites for hydroxylation is 2. The van der Waals surface area contributed by atoms with E-state index in [2.05, 4.69) is 34.0 Å². The van der Waals surface area contributed by atoms with Crippen LogP contribution in [0.4, 0.5) is 5.82 Å². The van der Waals surface area contributed by atoms with Crippen LogP contribution in [0.5, 0.6) is 0 Å². The number of fused-ring (bicyclic) bond motifs is 1. The Morgan fingerprint density at radius 3 is 2.90 bits per heavy atom. The fraction of sp³-hybridized carbons (Fsp3) is 0.238. The second-order valence-electron chi connectivity index (χ2n) is 6.67. The summed E-state index contributed by atoms with van der Waals surface area (Å²) in [6.07, 6.45) is 3.67. The minimum absolute atomic E-state index is 0.192. The Bertz CT molecular complexity index is 1230. The van der Waals surface area contributed by atoms with Crippen LogP contribution in [-0.2, 0) is 10.5 Å². The molecule has 4 aromatic rings. The zero-order valence-corrected chi connectivity index (χ0v) is 17.7. The average Bonchev–Trinajstić information content (AvgIpc) is 3.30. The first-order valence-electron chi connectivity index (χ1n) is 9.43. The van der Waals surface area contributed by atoms with E-state index in [0.29, 0.717) is 22.7 Å². The second-order valence-corrected chi connectivity index (χ2v) is 7.61. The molecule has 0 spiro atoms. The van der Waals surface area contributed by atoms with Crippen molar-refractivity contribution in [2.24, 2.45) is 0 Å². The number of carbonyl (C=O) groups excluding carboxylic acids is 1. The number of furan rings is 1. The van der Waals surface area contributed by atoms with Gasteiger partial charge in [-0.2, -0.15) is 4.98 Å². The summed E-state index contributed by atoms with van der Waals surface area (Å²) in [6, 6.07) is 8.18. The SMILES string of the molecule is CCOC(=O)c1c(C)oc2nc(CSc3nccn3-c3cccc(C)c3)nc(N)c12. The van der Waals surface area contributed by atoms with Crippen molar-refractivity contribution < 1.29 is 13.9 Å². The number of carbonyl (C=O) groups is 1. The van der Waals surface area contributed by atoms with Crippen molar-refractivity contribution in [2.75, 3.05) is 12.3 Å². The molecule has 4 rings (SSSR count). The number of nitrogens with zero attached hydrogens (tertiary/aromatic N) is 4. The molecule has 0 radical (unpaired) electrons. The summed E-state index contributed by atoms with van der Waals surface area (Å²) in [5, 5.41) is 1.20. The van der Waals surface area contributed by atoms with E-state index in [1.807, 2.05) is 22.9 Å². The van der Waals surface area contributed by atoms with Gasteiger partial charge in [0.1, 0.15) is 23.0 Å². The fourth-order valence-corrected chi connectivity index (χ4v) is 4.03. The summed E-state index contributed by atoms with van der Waals surface area (Å²) < 4.78 is 12.8. The van der Waals surface area contributed by atoms with Crippen LogP contribution in [0.15, 0.2) is 46.2 Å². The van der Waals surface area contributed by atoms with Crippen molar-refractivity contribution in [1.29, 1.82) is 0 Å². The topological polar surface area (TPSA) is 109 Å². The van der Waals surface area contributed by atoms with Gasteiger partial charge >= 0.3 is 5.97 Å². The molecule has 0 bridgehead atoms. The van der Waals surface area contributed by atoms with Gasteiger partial charge in [-0.15, -0.1) is 0 Å². The molecule has 9 heteroatoms. The maximum atomic E-state index is 12.2. The monoisotopic (exact) mass is 423 g/mol. The fourth-order valence-electron chi connectivity index (χ4n) is 3.20. The van der Waals surface area contributed by atoms with Crippen LogP contribution < -0.4 is 5.73 Å². The molecular formula is C21H21N5O3S. The van der Waals surface area contributed by atoms with Gasteiger partial charge in [0.05, 0.1) is 17.7 Å². The number of hydrogen-bond acceptors (Lipinski definition) is 8. The van der Waals surface area contributed by atoms with Crippen LogP contribution in [-0.4, -0.2) is 32.1 Å². The lowest BCUT2D eigenvalue weighted by molar-refractivity contribution is 0.0526. The third-order valence-electron chi connectivity index (χ3n) is 4.50. The van der Waals surface area contributed by atoms with Gasteiger partial charge in [0, 0.05) is 18.1 Å². The van der Waals surface area contributed by atoms with Gasteiger partial charge in [-0.3, -0.25) is 4.57 Å². The van der Waals surface area contributed by atoms with Gasteiger partial charge < -0.3 is 14.9 Å². The molecule has 0 atom stereocenters. The van der Waals surface area contributed by atoms with Gasteiger partial charge in [-0.1, -0.05) is 23.9 Å². The Morgan fingerprint density at radius 1 is 1.30 bits per heavy atom. The van der Waals surface area contributed by atoms with Crippen molar-refractivity contribution in [3.8, 4) is 5.69 Å². The predicted molar refractivity (Wildman–Crippen MR) is 115 cm³/mol. The first kappa shape index (κ1) is 20.0. The quantitative estimate of drug-likeness (QED) is 0.365. The Labute approximate surface area is 177 Å². The van der Waals surface area contributed by atoms with E-state index in [9.17, 15) is 4.79 Å². The number of ether oxygens (including phenoxy) is 1. The summed E-state index contributed by atoms with van der Waals surface area (Å²) in [5.74, 6) is 1.04. The Morgan fingerprint density at radius 2 is 2.13 bits per heavy atom. The number of hydrogen-bond donors (Lipinski definition) is 1. The third-order valence-corrected chi connectivity index (χ3v) is 5.46. The van der Waals surface area contributed by atoms with E-state index in [4.69, 9.17) is 14.9 Å². The lowest BCUT2D eigenvalue weighted by Crippen LogP contribution is -2.07. The predicted octanol–water partition coefficient (Wildman–Crippen LogP) is 4.08. The number of benzene rings is 1. The number of nitrogens with two attached hydrogens (primary N) is 1. The number of nitrogen functional groups attached to an aromatic ring is 1. The summed E-state index contributed by atoms with van der Waals surface area (Å²) in [4.78, 5) is 25.5. The first-order chi connectivity index (χ1) is 14.5. The Hall–Kier alpha value is -3.33. The van der Waals surface area contributed by atoms with Crippen LogP contribution in [0.3, 0.4) is 0 Å². The maximum absolute atomic E-state index is 12.2. The molecule has 0 fully saturated rings.